The van der Waals surface area contributed by atoms with Gasteiger partial charge in [-0.05, 0) is 32.8 Å². The van der Waals surface area contributed by atoms with Crippen molar-refractivity contribution in [1.29, 1.82) is 0 Å². The summed E-state index contributed by atoms with van der Waals surface area (Å²) >= 11 is 0. The number of hydrogen-bond acceptors (Lipinski definition) is 5. The Morgan fingerprint density at radius 2 is 2.04 bits per heavy atom. The number of pyridine rings is 1. The molecule has 1 atom stereocenters. The zero-order valence-electron chi connectivity index (χ0n) is 14.3. The Balaban J connectivity index is 2.11. The molecule has 0 fully saturated rings. The number of para-hydroxylation sites is 1. The molecule has 0 spiro atoms. The number of rotatable bonds is 5. The first-order chi connectivity index (χ1) is 10.9. The van der Waals surface area contributed by atoms with Crippen molar-refractivity contribution in [2.45, 2.75) is 51.7 Å². The van der Waals surface area contributed by atoms with Crippen molar-refractivity contribution in [2.24, 2.45) is 5.73 Å². The van der Waals surface area contributed by atoms with Crippen LogP contribution in [-0.2, 0) is 0 Å². The Hall–Kier alpha value is -2.01. The van der Waals surface area contributed by atoms with Gasteiger partial charge in [-0.1, -0.05) is 31.5 Å². The van der Waals surface area contributed by atoms with Gasteiger partial charge in [0.15, 0.2) is 0 Å². The lowest BCUT2D eigenvalue weighted by Crippen LogP contribution is -2.49. The monoisotopic (exact) mass is 313 g/mol. The van der Waals surface area contributed by atoms with E-state index in [0.717, 1.165) is 35.2 Å². The minimum atomic E-state index is -0.285. The van der Waals surface area contributed by atoms with Gasteiger partial charge in [-0.25, -0.2) is 4.98 Å². The van der Waals surface area contributed by atoms with E-state index in [1.807, 2.05) is 18.2 Å². The van der Waals surface area contributed by atoms with Crippen LogP contribution in [-0.4, -0.2) is 23.2 Å². The summed E-state index contributed by atoms with van der Waals surface area (Å²) in [6.07, 6.45) is 3.62. The zero-order chi connectivity index (χ0) is 16.6. The summed E-state index contributed by atoms with van der Waals surface area (Å²) in [6.45, 7) is 7.11. The molecule has 0 aliphatic carbocycles. The molecule has 0 radical (unpaired) electrons. The second-order valence-electron chi connectivity index (χ2n) is 7.16. The topological polar surface area (TPSA) is 80.2 Å². The van der Waals surface area contributed by atoms with Crippen LogP contribution in [0, 0.1) is 0 Å². The molecule has 1 aromatic carbocycles. The van der Waals surface area contributed by atoms with Crippen LogP contribution in [0.4, 0.5) is 17.2 Å². The standard InChI is InChI=1S/C18H27N5/c1-4-5-10-14-22-15-16(23(14)11-18(2,3)20)12-8-6-7-9-13(12)21-17(15)19/h6-9,14,22H,4-5,10-11,20H2,1-3H3,(H2,19,21). The maximum Gasteiger partial charge on any atom is 0.149 e. The van der Waals surface area contributed by atoms with E-state index >= 15 is 0 Å². The number of nitrogen functional groups attached to an aromatic ring is 1. The molecule has 1 aromatic heterocycles. The molecule has 0 saturated carbocycles. The van der Waals surface area contributed by atoms with Crippen molar-refractivity contribution >= 4 is 28.1 Å². The van der Waals surface area contributed by atoms with E-state index in [0.29, 0.717) is 5.82 Å². The minimum absolute atomic E-state index is 0.225. The highest BCUT2D eigenvalue weighted by Crippen LogP contribution is 2.44. The number of nitrogens with two attached hydrogens (primary N) is 2. The number of hydrogen-bond donors (Lipinski definition) is 3. The number of aromatic nitrogens is 1. The summed E-state index contributed by atoms with van der Waals surface area (Å²) in [5.74, 6) is 0.567. The van der Waals surface area contributed by atoms with Crippen molar-refractivity contribution in [1.82, 2.24) is 4.98 Å². The fourth-order valence-corrected chi connectivity index (χ4v) is 3.31. The Morgan fingerprint density at radius 3 is 2.74 bits per heavy atom. The molecule has 1 unspecified atom stereocenters. The molecule has 0 saturated heterocycles. The molecule has 0 amide bonds. The SMILES string of the molecule is CCCCC1Nc2c(N)nc3ccccc3c2N1CC(C)(C)N. The molecule has 124 valence electrons. The summed E-state index contributed by atoms with van der Waals surface area (Å²) in [5, 5.41) is 4.72. The van der Waals surface area contributed by atoms with Crippen molar-refractivity contribution in [3.8, 4) is 0 Å². The summed E-state index contributed by atoms with van der Waals surface area (Å²) in [7, 11) is 0. The van der Waals surface area contributed by atoms with Gasteiger partial charge in [0, 0.05) is 17.5 Å². The first kappa shape index (κ1) is 15.9. The average Bonchev–Trinajstić information content (AvgIpc) is 2.83. The smallest absolute Gasteiger partial charge is 0.149 e. The highest BCUT2D eigenvalue weighted by molar-refractivity contribution is 6.04. The first-order valence-electron chi connectivity index (χ1n) is 8.41. The highest BCUT2D eigenvalue weighted by Gasteiger charge is 2.34. The van der Waals surface area contributed by atoms with Gasteiger partial charge in [-0.3, -0.25) is 0 Å². The van der Waals surface area contributed by atoms with Gasteiger partial charge in [0.1, 0.15) is 11.5 Å². The second kappa shape index (κ2) is 5.89. The third-order valence-electron chi connectivity index (χ3n) is 4.28. The summed E-state index contributed by atoms with van der Waals surface area (Å²) < 4.78 is 0. The van der Waals surface area contributed by atoms with Crippen molar-refractivity contribution < 1.29 is 0 Å². The molecular formula is C18H27N5. The van der Waals surface area contributed by atoms with E-state index in [1.54, 1.807) is 0 Å². The number of nitrogens with one attached hydrogen (secondary N) is 1. The first-order valence-corrected chi connectivity index (χ1v) is 8.41. The fraction of sp³-hybridized carbons (Fsp3) is 0.500. The molecular weight excluding hydrogens is 286 g/mol. The third kappa shape index (κ3) is 3.06. The number of nitrogens with zero attached hydrogens (tertiary/aromatic N) is 2. The number of benzene rings is 1. The van der Waals surface area contributed by atoms with Gasteiger partial charge in [-0.15, -0.1) is 0 Å². The molecule has 5 N–H and O–H groups in total. The summed E-state index contributed by atoms with van der Waals surface area (Å²) in [4.78, 5) is 6.93. The predicted octanol–water partition coefficient (Wildman–Crippen LogP) is 3.30. The van der Waals surface area contributed by atoms with E-state index < -0.39 is 0 Å². The third-order valence-corrected chi connectivity index (χ3v) is 4.28. The molecule has 2 heterocycles. The van der Waals surface area contributed by atoms with Crippen LogP contribution in [0.3, 0.4) is 0 Å². The Morgan fingerprint density at radius 1 is 1.30 bits per heavy atom. The van der Waals surface area contributed by atoms with E-state index in [-0.39, 0.29) is 11.7 Å². The maximum absolute atomic E-state index is 6.33. The van der Waals surface area contributed by atoms with Gasteiger partial charge in [0.2, 0.25) is 0 Å². The molecule has 23 heavy (non-hydrogen) atoms. The largest absolute Gasteiger partial charge is 0.382 e. The molecule has 5 nitrogen and oxygen atoms in total. The molecule has 3 rings (SSSR count). The van der Waals surface area contributed by atoms with Gasteiger partial charge in [0.05, 0.1) is 17.4 Å². The Labute approximate surface area is 138 Å². The van der Waals surface area contributed by atoms with Crippen LogP contribution in [0.2, 0.25) is 0 Å². The molecule has 0 bridgehead atoms. The normalized spacial score (nSPS) is 17.4. The van der Waals surface area contributed by atoms with Gasteiger partial charge in [0.25, 0.3) is 0 Å². The molecule has 1 aliphatic heterocycles. The van der Waals surface area contributed by atoms with Crippen molar-refractivity contribution in [2.75, 3.05) is 22.5 Å². The van der Waals surface area contributed by atoms with Crippen LogP contribution in [0.25, 0.3) is 10.9 Å². The second-order valence-corrected chi connectivity index (χ2v) is 7.16. The lowest BCUT2D eigenvalue weighted by molar-refractivity contribution is 0.474. The summed E-state index contributed by atoms with van der Waals surface area (Å²) in [5.41, 5.74) is 15.3. The lowest BCUT2D eigenvalue weighted by atomic mass is 10.0. The minimum Gasteiger partial charge on any atom is -0.382 e. The van der Waals surface area contributed by atoms with Gasteiger partial charge in [-0.2, -0.15) is 0 Å². The van der Waals surface area contributed by atoms with E-state index in [1.165, 1.54) is 12.8 Å². The van der Waals surface area contributed by atoms with Crippen LogP contribution in [0.1, 0.15) is 40.0 Å². The molecule has 2 aromatic rings. The summed E-state index contributed by atoms with van der Waals surface area (Å²) in [6, 6.07) is 8.17. The molecule has 1 aliphatic rings. The quantitative estimate of drug-likeness (QED) is 0.789. The predicted molar refractivity (Wildman–Crippen MR) is 98.7 cm³/mol. The number of anilines is 3. The van der Waals surface area contributed by atoms with Gasteiger partial charge >= 0.3 is 0 Å². The fourth-order valence-electron chi connectivity index (χ4n) is 3.31. The van der Waals surface area contributed by atoms with Crippen LogP contribution >= 0.6 is 0 Å². The van der Waals surface area contributed by atoms with Crippen LogP contribution in [0.5, 0.6) is 0 Å². The van der Waals surface area contributed by atoms with E-state index in [9.17, 15) is 0 Å². The maximum atomic E-state index is 6.33. The van der Waals surface area contributed by atoms with Crippen LogP contribution < -0.4 is 21.7 Å². The van der Waals surface area contributed by atoms with Crippen molar-refractivity contribution in [3.63, 3.8) is 0 Å². The zero-order valence-corrected chi connectivity index (χ0v) is 14.3. The van der Waals surface area contributed by atoms with Crippen LogP contribution in [0.15, 0.2) is 24.3 Å². The average molecular weight is 313 g/mol. The Bertz CT molecular complexity index is 704. The Kier molecular flexibility index (Phi) is 4.06. The molecule has 5 heteroatoms. The van der Waals surface area contributed by atoms with E-state index in [4.69, 9.17) is 11.5 Å². The van der Waals surface area contributed by atoms with E-state index in [2.05, 4.69) is 42.0 Å². The number of fused-ring (bicyclic) bond motifs is 3. The van der Waals surface area contributed by atoms with Gasteiger partial charge < -0.3 is 21.7 Å². The number of unbranched alkanes of at least 4 members (excludes halogenated alkanes) is 1. The highest BCUT2D eigenvalue weighted by atomic mass is 15.3. The van der Waals surface area contributed by atoms with Crippen molar-refractivity contribution in [3.05, 3.63) is 24.3 Å². The lowest BCUT2D eigenvalue weighted by Gasteiger charge is -2.33.